The van der Waals surface area contributed by atoms with Crippen LogP contribution in [0.2, 0.25) is 0 Å². The Balaban J connectivity index is 2.07. The highest BCUT2D eigenvalue weighted by molar-refractivity contribution is 5.81. The lowest BCUT2D eigenvalue weighted by atomic mass is 10.00. The fourth-order valence-electron chi connectivity index (χ4n) is 3.09. The standard InChI is InChI=1S/C22H29NO2/c1-13-8-9-20(16(4)10-13)18(6)23-22(24)19(7)25-21-12-14(2)11-15(3)17(21)5/h8-12,18-19H,1-7H3,(H,23,24)/t18-,19-/m0/s1. The van der Waals surface area contributed by atoms with Gasteiger partial charge in [-0.05, 0) is 82.3 Å². The van der Waals surface area contributed by atoms with Crippen molar-refractivity contribution in [3.05, 3.63) is 63.7 Å². The molecule has 0 saturated carbocycles. The van der Waals surface area contributed by atoms with Crippen molar-refractivity contribution < 1.29 is 9.53 Å². The van der Waals surface area contributed by atoms with Crippen molar-refractivity contribution in [3.63, 3.8) is 0 Å². The summed E-state index contributed by atoms with van der Waals surface area (Å²) in [5, 5.41) is 3.06. The summed E-state index contributed by atoms with van der Waals surface area (Å²) in [7, 11) is 0. The third-order valence-corrected chi connectivity index (χ3v) is 4.69. The van der Waals surface area contributed by atoms with Crippen molar-refractivity contribution in [3.8, 4) is 5.75 Å². The Morgan fingerprint density at radius 2 is 1.56 bits per heavy atom. The molecule has 1 amide bonds. The van der Waals surface area contributed by atoms with Crippen molar-refractivity contribution in [2.75, 3.05) is 0 Å². The number of rotatable bonds is 5. The summed E-state index contributed by atoms with van der Waals surface area (Å²) in [5.41, 5.74) is 6.93. The van der Waals surface area contributed by atoms with E-state index in [-0.39, 0.29) is 11.9 Å². The van der Waals surface area contributed by atoms with Gasteiger partial charge in [-0.2, -0.15) is 0 Å². The Morgan fingerprint density at radius 1 is 0.920 bits per heavy atom. The van der Waals surface area contributed by atoms with Crippen LogP contribution in [0.4, 0.5) is 0 Å². The average molecular weight is 339 g/mol. The molecule has 3 heteroatoms. The number of aryl methyl sites for hydroxylation is 4. The molecule has 0 heterocycles. The second-order valence-electron chi connectivity index (χ2n) is 7.06. The summed E-state index contributed by atoms with van der Waals surface area (Å²) in [6, 6.07) is 10.3. The first-order chi connectivity index (χ1) is 11.7. The van der Waals surface area contributed by atoms with Crippen molar-refractivity contribution in [2.45, 2.75) is 60.6 Å². The highest BCUT2D eigenvalue weighted by atomic mass is 16.5. The lowest BCUT2D eigenvalue weighted by Gasteiger charge is -2.21. The van der Waals surface area contributed by atoms with Gasteiger partial charge >= 0.3 is 0 Å². The van der Waals surface area contributed by atoms with E-state index in [1.165, 1.54) is 16.7 Å². The molecule has 0 aromatic heterocycles. The molecular formula is C22H29NO2. The van der Waals surface area contributed by atoms with E-state index in [0.717, 1.165) is 22.4 Å². The second-order valence-corrected chi connectivity index (χ2v) is 7.06. The molecule has 0 aliphatic heterocycles. The van der Waals surface area contributed by atoms with Crippen molar-refractivity contribution in [1.82, 2.24) is 5.32 Å². The van der Waals surface area contributed by atoms with E-state index >= 15 is 0 Å². The minimum Gasteiger partial charge on any atom is -0.481 e. The maximum Gasteiger partial charge on any atom is 0.261 e. The Kier molecular flexibility index (Phi) is 5.89. The highest BCUT2D eigenvalue weighted by Crippen LogP contribution is 2.25. The van der Waals surface area contributed by atoms with Crippen molar-refractivity contribution in [2.24, 2.45) is 0 Å². The number of hydrogen-bond acceptors (Lipinski definition) is 2. The van der Waals surface area contributed by atoms with Crippen LogP contribution in [0.5, 0.6) is 5.75 Å². The first-order valence-corrected chi connectivity index (χ1v) is 8.81. The number of carbonyl (C=O) groups excluding carboxylic acids is 1. The largest absolute Gasteiger partial charge is 0.481 e. The van der Waals surface area contributed by atoms with Gasteiger partial charge in [-0.15, -0.1) is 0 Å². The highest BCUT2D eigenvalue weighted by Gasteiger charge is 2.19. The second kappa shape index (κ2) is 7.73. The zero-order valence-electron chi connectivity index (χ0n) is 16.4. The normalized spacial score (nSPS) is 13.2. The van der Waals surface area contributed by atoms with E-state index in [1.54, 1.807) is 6.92 Å². The lowest BCUT2D eigenvalue weighted by Crippen LogP contribution is -2.38. The van der Waals surface area contributed by atoms with E-state index in [4.69, 9.17) is 4.74 Å². The third kappa shape index (κ3) is 4.62. The Hall–Kier alpha value is -2.29. The van der Waals surface area contributed by atoms with Crippen molar-refractivity contribution >= 4 is 5.91 Å². The Bertz CT molecular complexity index is 780. The molecule has 0 aliphatic carbocycles. The molecule has 0 bridgehead atoms. The number of nitrogens with one attached hydrogen (secondary N) is 1. The number of benzene rings is 2. The smallest absolute Gasteiger partial charge is 0.261 e. The minimum absolute atomic E-state index is 0.0560. The summed E-state index contributed by atoms with van der Waals surface area (Å²) in [5.74, 6) is 0.672. The summed E-state index contributed by atoms with van der Waals surface area (Å²) in [6.45, 7) is 14.1. The van der Waals surface area contributed by atoms with E-state index in [9.17, 15) is 4.79 Å². The maximum absolute atomic E-state index is 12.6. The minimum atomic E-state index is -0.548. The van der Waals surface area contributed by atoms with Gasteiger partial charge < -0.3 is 10.1 Å². The van der Waals surface area contributed by atoms with Gasteiger partial charge in [0, 0.05) is 0 Å². The SMILES string of the molecule is Cc1ccc([C@H](C)NC(=O)[C@H](C)Oc2cc(C)cc(C)c2C)c(C)c1. The van der Waals surface area contributed by atoms with Gasteiger partial charge in [-0.3, -0.25) is 4.79 Å². The van der Waals surface area contributed by atoms with Gasteiger partial charge in [-0.25, -0.2) is 0 Å². The fraction of sp³-hybridized carbons (Fsp3) is 0.409. The topological polar surface area (TPSA) is 38.3 Å². The number of hydrogen-bond donors (Lipinski definition) is 1. The molecule has 0 spiro atoms. The lowest BCUT2D eigenvalue weighted by molar-refractivity contribution is -0.127. The number of ether oxygens (including phenoxy) is 1. The third-order valence-electron chi connectivity index (χ3n) is 4.69. The number of amides is 1. The van der Waals surface area contributed by atoms with Crippen LogP contribution in [-0.4, -0.2) is 12.0 Å². The van der Waals surface area contributed by atoms with Gasteiger partial charge in [0.25, 0.3) is 5.91 Å². The summed E-state index contributed by atoms with van der Waals surface area (Å²) in [6.07, 6.45) is -0.548. The van der Waals surface area contributed by atoms with Gasteiger partial charge in [0.15, 0.2) is 6.10 Å². The first kappa shape index (κ1) is 19.0. The van der Waals surface area contributed by atoms with Gasteiger partial charge in [-0.1, -0.05) is 29.8 Å². The van der Waals surface area contributed by atoms with Gasteiger partial charge in [0.05, 0.1) is 6.04 Å². The van der Waals surface area contributed by atoms with Crippen LogP contribution >= 0.6 is 0 Å². The molecule has 3 nitrogen and oxygen atoms in total. The fourth-order valence-corrected chi connectivity index (χ4v) is 3.09. The molecule has 0 fully saturated rings. The van der Waals surface area contributed by atoms with Crippen LogP contribution in [0.1, 0.15) is 53.3 Å². The molecule has 134 valence electrons. The molecule has 2 aromatic rings. The summed E-state index contributed by atoms with van der Waals surface area (Å²) >= 11 is 0. The molecule has 25 heavy (non-hydrogen) atoms. The van der Waals surface area contributed by atoms with Crippen molar-refractivity contribution in [1.29, 1.82) is 0 Å². The monoisotopic (exact) mass is 339 g/mol. The van der Waals surface area contributed by atoms with Crippen LogP contribution < -0.4 is 10.1 Å². The molecule has 0 radical (unpaired) electrons. The van der Waals surface area contributed by atoms with Crippen LogP contribution in [-0.2, 0) is 4.79 Å². The van der Waals surface area contributed by atoms with Crippen LogP contribution in [0.25, 0.3) is 0 Å². The first-order valence-electron chi connectivity index (χ1n) is 8.81. The van der Waals surface area contributed by atoms with E-state index in [0.29, 0.717) is 0 Å². The Morgan fingerprint density at radius 3 is 2.20 bits per heavy atom. The maximum atomic E-state index is 12.6. The molecule has 2 atom stereocenters. The molecule has 2 aromatic carbocycles. The average Bonchev–Trinajstić information content (AvgIpc) is 2.51. The summed E-state index contributed by atoms with van der Waals surface area (Å²) < 4.78 is 5.94. The van der Waals surface area contributed by atoms with E-state index < -0.39 is 6.10 Å². The summed E-state index contributed by atoms with van der Waals surface area (Å²) in [4.78, 5) is 12.6. The van der Waals surface area contributed by atoms with Crippen LogP contribution in [0.15, 0.2) is 30.3 Å². The molecule has 0 unspecified atom stereocenters. The molecule has 0 aliphatic rings. The predicted octanol–water partition coefficient (Wildman–Crippen LogP) is 4.87. The molecular weight excluding hydrogens is 310 g/mol. The molecule has 2 rings (SSSR count). The van der Waals surface area contributed by atoms with Gasteiger partial charge in [0.2, 0.25) is 0 Å². The predicted molar refractivity (Wildman–Crippen MR) is 103 cm³/mol. The Labute approximate surface area is 151 Å². The van der Waals surface area contributed by atoms with E-state index in [1.807, 2.05) is 26.8 Å². The van der Waals surface area contributed by atoms with Gasteiger partial charge in [0.1, 0.15) is 5.75 Å². The van der Waals surface area contributed by atoms with Crippen LogP contribution in [0, 0.1) is 34.6 Å². The van der Waals surface area contributed by atoms with E-state index in [2.05, 4.69) is 50.4 Å². The molecule has 0 saturated heterocycles. The zero-order valence-corrected chi connectivity index (χ0v) is 16.4. The van der Waals surface area contributed by atoms with Crippen LogP contribution in [0.3, 0.4) is 0 Å². The molecule has 1 N–H and O–H groups in total. The quantitative estimate of drug-likeness (QED) is 0.843. The zero-order chi connectivity index (χ0) is 18.7. The number of carbonyl (C=O) groups is 1.